The van der Waals surface area contributed by atoms with Crippen molar-refractivity contribution in [1.29, 1.82) is 0 Å². The summed E-state index contributed by atoms with van der Waals surface area (Å²) < 4.78 is 6.44. The minimum atomic E-state index is -0.418. The van der Waals surface area contributed by atoms with Crippen LogP contribution in [0.2, 0.25) is 0 Å². The predicted molar refractivity (Wildman–Crippen MR) is 93.7 cm³/mol. The van der Waals surface area contributed by atoms with E-state index in [0.717, 1.165) is 34.1 Å². The zero-order valence-corrected chi connectivity index (χ0v) is 13.0. The van der Waals surface area contributed by atoms with E-state index in [2.05, 4.69) is 31.2 Å². The van der Waals surface area contributed by atoms with Gasteiger partial charge in [0.2, 0.25) is 0 Å². The molecule has 3 aromatic rings. The Kier molecular flexibility index (Phi) is 3.12. The fourth-order valence-corrected chi connectivity index (χ4v) is 3.30. The topological polar surface area (TPSA) is 29.5 Å². The molecular formula is C21H18O2. The molecule has 23 heavy (non-hydrogen) atoms. The van der Waals surface area contributed by atoms with Crippen molar-refractivity contribution in [2.75, 3.05) is 0 Å². The van der Waals surface area contributed by atoms with Crippen LogP contribution in [0.5, 0.6) is 11.5 Å². The fraction of sp³-hybridized carbons (Fsp3) is 0.143. The normalized spacial score (nSPS) is 19.3. The lowest BCUT2D eigenvalue weighted by atomic mass is 9.87. The summed E-state index contributed by atoms with van der Waals surface area (Å²) in [5.74, 6) is 1.17. The van der Waals surface area contributed by atoms with E-state index in [1.165, 1.54) is 0 Å². The van der Waals surface area contributed by atoms with E-state index in [1.807, 2.05) is 36.4 Å². The molecule has 1 aliphatic rings. The van der Waals surface area contributed by atoms with E-state index in [9.17, 15) is 5.11 Å². The Morgan fingerprint density at radius 1 is 1.00 bits per heavy atom. The number of ether oxygens (including phenoxy) is 1. The first-order chi connectivity index (χ1) is 11.2. The van der Waals surface area contributed by atoms with Crippen molar-refractivity contribution in [3.63, 3.8) is 0 Å². The van der Waals surface area contributed by atoms with Crippen LogP contribution in [0.1, 0.15) is 24.5 Å². The van der Waals surface area contributed by atoms with Gasteiger partial charge in [-0.3, -0.25) is 0 Å². The van der Waals surface area contributed by atoms with Crippen LogP contribution in [0.15, 0.2) is 66.7 Å². The average Bonchev–Trinajstić information content (AvgIpc) is 2.61. The van der Waals surface area contributed by atoms with E-state index >= 15 is 0 Å². The van der Waals surface area contributed by atoms with Crippen molar-refractivity contribution in [2.24, 2.45) is 0 Å². The zero-order chi connectivity index (χ0) is 15.9. The highest BCUT2D eigenvalue weighted by atomic mass is 16.5. The molecule has 1 heterocycles. The molecule has 0 aromatic heterocycles. The van der Waals surface area contributed by atoms with Gasteiger partial charge < -0.3 is 9.84 Å². The summed E-state index contributed by atoms with van der Waals surface area (Å²) in [7, 11) is 0. The minimum Gasteiger partial charge on any atom is -0.508 e. The van der Waals surface area contributed by atoms with E-state index in [0.29, 0.717) is 0 Å². The van der Waals surface area contributed by atoms with Crippen LogP contribution in [0.25, 0.3) is 16.8 Å². The first kappa shape index (κ1) is 13.9. The van der Waals surface area contributed by atoms with Crippen LogP contribution in [0, 0.1) is 0 Å². The van der Waals surface area contributed by atoms with Crippen molar-refractivity contribution in [1.82, 2.24) is 0 Å². The molecule has 0 spiro atoms. The molecule has 0 bridgehead atoms. The van der Waals surface area contributed by atoms with Gasteiger partial charge in [0.1, 0.15) is 11.5 Å². The lowest BCUT2D eigenvalue weighted by Gasteiger charge is -2.35. The molecule has 114 valence electrons. The molecular weight excluding hydrogens is 284 g/mol. The van der Waals surface area contributed by atoms with Gasteiger partial charge in [-0.2, -0.15) is 0 Å². The van der Waals surface area contributed by atoms with Gasteiger partial charge in [0.05, 0.1) is 0 Å². The van der Waals surface area contributed by atoms with Gasteiger partial charge in [-0.1, -0.05) is 49.4 Å². The Bertz CT molecular complexity index is 896. The summed E-state index contributed by atoms with van der Waals surface area (Å²) in [6, 6.07) is 19.8. The van der Waals surface area contributed by atoms with Gasteiger partial charge >= 0.3 is 0 Å². The highest BCUT2D eigenvalue weighted by Gasteiger charge is 2.33. The molecule has 1 unspecified atom stereocenters. The predicted octanol–water partition coefficient (Wildman–Crippen LogP) is 5.26. The molecule has 0 amide bonds. The first-order valence-electron chi connectivity index (χ1n) is 7.91. The minimum absolute atomic E-state index is 0.283. The van der Waals surface area contributed by atoms with Gasteiger partial charge in [-0.15, -0.1) is 0 Å². The highest BCUT2D eigenvalue weighted by molar-refractivity contribution is 5.94. The molecule has 1 aliphatic heterocycles. The molecule has 0 radical (unpaired) electrons. The first-order valence-corrected chi connectivity index (χ1v) is 7.91. The Balaban J connectivity index is 1.87. The van der Waals surface area contributed by atoms with Crippen LogP contribution in [0.3, 0.4) is 0 Å². The number of rotatable bonds is 2. The third-order valence-corrected chi connectivity index (χ3v) is 4.60. The van der Waals surface area contributed by atoms with E-state index in [1.54, 1.807) is 12.1 Å². The number of benzene rings is 3. The number of phenols is 1. The van der Waals surface area contributed by atoms with Crippen LogP contribution in [-0.2, 0) is 5.60 Å². The van der Waals surface area contributed by atoms with Crippen LogP contribution in [0.4, 0.5) is 0 Å². The van der Waals surface area contributed by atoms with Crippen LogP contribution >= 0.6 is 0 Å². The molecule has 0 saturated heterocycles. The van der Waals surface area contributed by atoms with Crippen molar-refractivity contribution < 1.29 is 9.84 Å². The number of hydrogen-bond donors (Lipinski definition) is 1. The summed E-state index contributed by atoms with van der Waals surface area (Å²) in [4.78, 5) is 0. The SMILES string of the molecule is CCC1(c2ccccc2)C=Cc2c(ccc3cc(O)ccc23)O1. The zero-order valence-electron chi connectivity index (χ0n) is 13.0. The second-order valence-corrected chi connectivity index (χ2v) is 5.93. The fourth-order valence-electron chi connectivity index (χ4n) is 3.30. The summed E-state index contributed by atoms with van der Waals surface area (Å²) in [6.45, 7) is 2.14. The van der Waals surface area contributed by atoms with Gasteiger partial charge in [0.15, 0.2) is 5.60 Å². The lowest BCUT2D eigenvalue weighted by Crippen LogP contribution is -2.32. The van der Waals surface area contributed by atoms with Crippen LogP contribution in [-0.4, -0.2) is 5.11 Å². The van der Waals surface area contributed by atoms with Gasteiger partial charge in [0.25, 0.3) is 0 Å². The second-order valence-electron chi connectivity index (χ2n) is 5.93. The highest BCUT2D eigenvalue weighted by Crippen LogP contribution is 2.42. The van der Waals surface area contributed by atoms with Gasteiger partial charge in [0, 0.05) is 5.56 Å². The van der Waals surface area contributed by atoms with Crippen molar-refractivity contribution in [2.45, 2.75) is 18.9 Å². The average molecular weight is 302 g/mol. The Hall–Kier alpha value is -2.74. The van der Waals surface area contributed by atoms with Gasteiger partial charge in [-0.25, -0.2) is 0 Å². The monoisotopic (exact) mass is 302 g/mol. The Morgan fingerprint density at radius 3 is 2.61 bits per heavy atom. The van der Waals surface area contributed by atoms with Gasteiger partial charge in [-0.05, 0) is 53.1 Å². The maximum absolute atomic E-state index is 9.65. The molecule has 1 N–H and O–H groups in total. The van der Waals surface area contributed by atoms with Crippen LogP contribution < -0.4 is 4.74 Å². The van der Waals surface area contributed by atoms with Crippen molar-refractivity contribution in [3.05, 3.63) is 77.9 Å². The third kappa shape index (κ3) is 2.18. The third-order valence-electron chi connectivity index (χ3n) is 4.60. The molecule has 3 aromatic carbocycles. The van der Waals surface area contributed by atoms with E-state index < -0.39 is 5.60 Å². The summed E-state index contributed by atoms with van der Waals surface area (Å²) >= 11 is 0. The Labute approximate surface area is 135 Å². The number of hydrogen-bond acceptors (Lipinski definition) is 2. The maximum Gasteiger partial charge on any atom is 0.152 e. The standard InChI is InChI=1S/C21H18O2/c1-2-21(16-6-4-3-5-7-16)13-12-19-18-10-9-17(22)14-15(18)8-11-20(19)23-21/h3-14,22H,2H2,1H3. The number of fused-ring (bicyclic) bond motifs is 3. The number of phenolic OH excluding ortho intramolecular Hbond substituents is 1. The molecule has 0 saturated carbocycles. The molecule has 0 fully saturated rings. The smallest absolute Gasteiger partial charge is 0.152 e. The molecule has 2 nitrogen and oxygen atoms in total. The summed E-state index contributed by atoms with van der Waals surface area (Å²) in [5, 5.41) is 11.8. The molecule has 2 heteroatoms. The van der Waals surface area contributed by atoms with Crippen molar-refractivity contribution >= 4 is 16.8 Å². The summed E-state index contributed by atoms with van der Waals surface area (Å²) in [5.41, 5.74) is 1.82. The summed E-state index contributed by atoms with van der Waals surface area (Å²) in [6.07, 6.45) is 5.16. The molecule has 1 atom stereocenters. The largest absolute Gasteiger partial charge is 0.508 e. The van der Waals surface area contributed by atoms with E-state index in [4.69, 9.17) is 4.74 Å². The number of aromatic hydroxyl groups is 1. The quantitative estimate of drug-likeness (QED) is 0.700. The molecule has 0 aliphatic carbocycles. The lowest BCUT2D eigenvalue weighted by molar-refractivity contribution is 0.112. The Morgan fingerprint density at radius 2 is 1.83 bits per heavy atom. The maximum atomic E-state index is 9.65. The molecule has 4 rings (SSSR count). The van der Waals surface area contributed by atoms with E-state index in [-0.39, 0.29) is 5.75 Å². The van der Waals surface area contributed by atoms with Crippen molar-refractivity contribution in [3.8, 4) is 11.5 Å². The second kappa shape index (κ2) is 5.17.